The van der Waals surface area contributed by atoms with Crippen LogP contribution in [0.2, 0.25) is 0 Å². The molecule has 0 amide bonds. The van der Waals surface area contributed by atoms with E-state index in [-0.39, 0.29) is 0 Å². The minimum Gasteiger partial charge on any atom is -0.378 e. The van der Waals surface area contributed by atoms with Crippen LogP contribution in [0.4, 0.5) is 0 Å². The van der Waals surface area contributed by atoms with Crippen molar-refractivity contribution in [2.45, 2.75) is 51.3 Å². The van der Waals surface area contributed by atoms with Crippen molar-refractivity contribution in [1.29, 1.82) is 0 Å². The first-order valence-electron chi connectivity index (χ1n) is 10.7. The molecule has 1 aliphatic heterocycles. The van der Waals surface area contributed by atoms with Gasteiger partial charge in [0, 0.05) is 31.2 Å². The Morgan fingerprint density at radius 2 is 1.79 bits per heavy atom. The van der Waals surface area contributed by atoms with Crippen molar-refractivity contribution in [3.8, 4) is 11.8 Å². The number of hydrogen-bond donors (Lipinski definition) is 1. The van der Waals surface area contributed by atoms with Crippen LogP contribution in [-0.2, 0) is 13.0 Å². The second kappa shape index (κ2) is 10.1. The lowest BCUT2D eigenvalue weighted by Crippen LogP contribution is -2.46. The molecule has 1 saturated heterocycles. The number of hydrogen-bond acceptors (Lipinski definition) is 3. The van der Waals surface area contributed by atoms with Gasteiger partial charge in [0.15, 0.2) is 0 Å². The van der Waals surface area contributed by atoms with Gasteiger partial charge in [-0.1, -0.05) is 54.3 Å². The number of rotatable bonds is 6. The summed E-state index contributed by atoms with van der Waals surface area (Å²) in [6.45, 7) is 7.81. The number of nitrogens with zero attached hydrogens (tertiary/aromatic N) is 2. The van der Waals surface area contributed by atoms with Crippen molar-refractivity contribution >= 4 is 0 Å². The summed E-state index contributed by atoms with van der Waals surface area (Å²) in [4.78, 5) is 5.11. The first-order chi connectivity index (χ1) is 13.9. The van der Waals surface area contributed by atoms with Crippen LogP contribution in [0, 0.1) is 11.8 Å². The maximum Gasteiger partial charge on any atom is 0.120 e. The van der Waals surface area contributed by atoms with Crippen LogP contribution in [0.15, 0.2) is 54.6 Å². The van der Waals surface area contributed by atoms with E-state index >= 15 is 0 Å². The van der Waals surface area contributed by atoms with Gasteiger partial charge in [0.05, 0.1) is 0 Å². The molecule has 3 rings (SSSR count). The number of benzene rings is 2. The van der Waals surface area contributed by atoms with E-state index < -0.39 is 5.60 Å². The molecule has 3 nitrogen and oxygen atoms in total. The van der Waals surface area contributed by atoms with Crippen LogP contribution in [-0.4, -0.2) is 53.2 Å². The van der Waals surface area contributed by atoms with Gasteiger partial charge in [-0.05, 0) is 70.0 Å². The van der Waals surface area contributed by atoms with E-state index in [2.05, 4.69) is 83.3 Å². The van der Waals surface area contributed by atoms with Gasteiger partial charge in [-0.25, -0.2) is 0 Å². The van der Waals surface area contributed by atoms with Crippen molar-refractivity contribution in [3.05, 3.63) is 71.3 Å². The monoisotopic (exact) mass is 390 g/mol. The third-order valence-electron chi connectivity index (χ3n) is 5.57. The molecule has 3 heteroatoms. The normalized spacial score (nSPS) is 17.8. The molecule has 0 spiro atoms. The second-order valence-corrected chi connectivity index (χ2v) is 8.75. The van der Waals surface area contributed by atoms with Crippen molar-refractivity contribution < 1.29 is 5.11 Å². The zero-order chi connectivity index (χ0) is 20.7. The quantitative estimate of drug-likeness (QED) is 0.757. The van der Waals surface area contributed by atoms with Crippen LogP contribution >= 0.6 is 0 Å². The van der Waals surface area contributed by atoms with Gasteiger partial charge in [0.1, 0.15) is 5.60 Å². The predicted molar refractivity (Wildman–Crippen MR) is 121 cm³/mol. The molecule has 0 saturated carbocycles. The van der Waals surface area contributed by atoms with Crippen molar-refractivity contribution in [1.82, 2.24) is 9.80 Å². The van der Waals surface area contributed by atoms with Crippen LogP contribution in [0.5, 0.6) is 0 Å². The third-order valence-corrected chi connectivity index (χ3v) is 5.57. The minimum atomic E-state index is -0.950. The Bertz CT molecular complexity index is 812. The van der Waals surface area contributed by atoms with Crippen LogP contribution in [0.3, 0.4) is 0 Å². The fourth-order valence-electron chi connectivity index (χ4n) is 3.84. The summed E-state index contributed by atoms with van der Waals surface area (Å²) in [5.41, 5.74) is 2.74. The van der Waals surface area contributed by atoms with Gasteiger partial charge >= 0.3 is 0 Å². The van der Waals surface area contributed by atoms with Gasteiger partial charge in [-0.3, -0.25) is 4.90 Å². The molecule has 29 heavy (non-hydrogen) atoms. The second-order valence-electron chi connectivity index (χ2n) is 8.75. The standard InChI is InChI=1S/C26H34N2O/c1-26(2,29)17-15-23-11-13-24(14-12-23)20-28-18-7-10-25(21-28)27(3)19-16-22-8-5-4-6-9-22/h4-6,8-9,11-14,25,29H,7,10,16,18-21H2,1-3H3/t25-/m1/s1. The van der Waals surface area contributed by atoms with Crippen LogP contribution in [0.1, 0.15) is 43.4 Å². The van der Waals surface area contributed by atoms with Crippen molar-refractivity contribution in [3.63, 3.8) is 0 Å². The lowest BCUT2D eigenvalue weighted by atomic mass is 10.0. The molecule has 154 valence electrons. The largest absolute Gasteiger partial charge is 0.378 e. The molecular formula is C26H34N2O. The summed E-state index contributed by atoms with van der Waals surface area (Å²) < 4.78 is 0. The summed E-state index contributed by atoms with van der Waals surface area (Å²) in [6.07, 6.45) is 3.66. The van der Waals surface area contributed by atoms with E-state index in [1.165, 1.54) is 30.5 Å². The summed E-state index contributed by atoms with van der Waals surface area (Å²) in [6, 6.07) is 19.8. The Kier molecular flexibility index (Phi) is 7.50. The highest BCUT2D eigenvalue weighted by atomic mass is 16.3. The molecule has 0 unspecified atom stereocenters. The molecule has 1 fully saturated rings. The summed E-state index contributed by atoms with van der Waals surface area (Å²) >= 11 is 0. The zero-order valence-electron chi connectivity index (χ0n) is 18.1. The zero-order valence-corrected chi connectivity index (χ0v) is 18.1. The highest BCUT2D eigenvalue weighted by Crippen LogP contribution is 2.18. The summed E-state index contributed by atoms with van der Waals surface area (Å²) in [5, 5.41) is 9.74. The first kappa shape index (κ1) is 21.6. The topological polar surface area (TPSA) is 26.7 Å². The maximum absolute atomic E-state index is 9.74. The summed E-state index contributed by atoms with van der Waals surface area (Å²) in [7, 11) is 2.27. The van der Waals surface area contributed by atoms with Gasteiger partial charge in [-0.2, -0.15) is 0 Å². The Hall–Kier alpha value is -2.12. The molecule has 0 radical (unpaired) electrons. The fourth-order valence-corrected chi connectivity index (χ4v) is 3.84. The summed E-state index contributed by atoms with van der Waals surface area (Å²) in [5.74, 6) is 5.92. The van der Waals surface area contributed by atoms with E-state index in [4.69, 9.17) is 0 Å². The molecule has 0 bridgehead atoms. The van der Waals surface area contributed by atoms with Crippen LogP contribution < -0.4 is 0 Å². The van der Waals surface area contributed by atoms with Crippen LogP contribution in [0.25, 0.3) is 0 Å². The average molecular weight is 391 g/mol. The molecule has 1 heterocycles. The molecule has 2 aromatic carbocycles. The molecule has 0 aliphatic carbocycles. The van der Waals surface area contributed by atoms with E-state index in [0.717, 1.165) is 31.6 Å². The van der Waals surface area contributed by atoms with Crippen molar-refractivity contribution in [2.24, 2.45) is 0 Å². The highest BCUT2D eigenvalue weighted by Gasteiger charge is 2.23. The van der Waals surface area contributed by atoms with Gasteiger partial charge in [0.2, 0.25) is 0 Å². The number of likely N-dealkylation sites (tertiary alicyclic amines) is 1. The van der Waals surface area contributed by atoms with Gasteiger partial charge < -0.3 is 10.0 Å². The first-order valence-corrected chi connectivity index (χ1v) is 10.7. The smallest absolute Gasteiger partial charge is 0.120 e. The molecule has 2 aromatic rings. The Balaban J connectivity index is 1.50. The molecule has 0 aromatic heterocycles. The Morgan fingerprint density at radius 3 is 2.48 bits per heavy atom. The van der Waals surface area contributed by atoms with E-state index in [1.54, 1.807) is 13.8 Å². The number of likely N-dealkylation sites (N-methyl/N-ethyl adjacent to an activating group) is 1. The maximum atomic E-state index is 9.74. The Labute approximate surface area is 176 Å². The highest BCUT2D eigenvalue weighted by molar-refractivity contribution is 5.37. The third kappa shape index (κ3) is 7.33. The molecule has 1 N–H and O–H groups in total. The van der Waals surface area contributed by atoms with E-state index in [0.29, 0.717) is 6.04 Å². The fraction of sp³-hybridized carbons (Fsp3) is 0.462. The van der Waals surface area contributed by atoms with E-state index in [9.17, 15) is 5.11 Å². The SMILES string of the molecule is CN(CCc1ccccc1)[C@@H]1CCCN(Cc2ccc(C#CC(C)(C)O)cc2)C1. The Morgan fingerprint density at radius 1 is 1.07 bits per heavy atom. The average Bonchev–Trinajstić information content (AvgIpc) is 2.72. The predicted octanol–water partition coefficient (Wildman–Crippen LogP) is 3.95. The van der Waals surface area contributed by atoms with Gasteiger partial charge in [-0.15, -0.1) is 0 Å². The number of aliphatic hydroxyl groups is 1. The lowest BCUT2D eigenvalue weighted by Gasteiger charge is -2.37. The van der Waals surface area contributed by atoms with Gasteiger partial charge in [0.25, 0.3) is 0 Å². The molecule has 1 aliphatic rings. The molecular weight excluding hydrogens is 356 g/mol. The van der Waals surface area contributed by atoms with E-state index in [1.807, 2.05) is 0 Å². The number of piperidine rings is 1. The van der Waals surface area contributed by atoms with Crippen molar-refractivity contribution in [2.75, 3.05) is 26.7 Å². The molecule has 1 atom stereocenters. The minimum absolute atomic E-state index is 0.629. The lowest BCUT2D eigenvalue weighted by molar-refractivity contribution is 0.112.